The van der Waals surface area contributed by atoms with Crippen LogP contribution in [-0.4, -0.2) is 16.9 Å². The third-order valence-corrected chi connectivity index (χ3v) is 2.46. The summed E-state index contributed by atoms with van der Waals surface area (Å²) in [4.78, 5) is 0. The topological polar surface area (TPSA) is 20.2 Å². The summed E-state index contributed by atoms with van der Waals surface area (Å²) in [6.45, 7) is 2.43. The van der Waals surface area contributed by atoms with Gasteiger partial charge in [0.2, 0.25) is 0 Å². The van der Waals surface area contributed by atoms with Crippen LogP contribution in [-0.2, 0) is 0 Å². The van der Waals surface area contributed by atoms with Crippen LogP contribution in [0.15, 0.2) is 0 Å². The minimum Gasteiger partial charge on any atom is -0.390 e. The van der Waals surface area contributed by atoms with E-state index in [0.29, 0.717) is 0 Å². The van der Waals surface area contributed by atoms with Crippen molar-refractivity contribution in [3.8, 4) is 0 Å². The summed E-state index contributed by atoms with van der Waals surface area (Å²) in [6.07, 6.45) is -4.15. The Morgan fingerprint density at radius 1 is 1.18 bits per heavy atom. The molecule has 0 bridgehead atoms. The summed E-state index contributed by atoms with van der Waals surface area (Å²) in [6, 6.07) is 0. The van der Waals surface area contributed by atoms with Crippen molar-refractivity contribution >= 4 is 0 Å². The lowest BCUT2D eigenvalue weighted by Crippen LogP contribution is -2.43. The largest absolute Gasteiger partial charge is 0.397 e. The Kier molecular flexibility index (Phi) is 1.54. The van der Waals surface area contributed by atoms with Crippen LogP contribution in [0.4, 0.5) is 13.2 Å². The van der Waals surface area contributed by atoms with E-state index in [9.17, 15) is 18.3 Å². The van der Waals surface area contributed by atoms with Gasteiger partial charge in [0.25, 0.3) is 0 Å². The first-order chi connectivity index (χ1) is 4.71. The third-order valence-electron chi connectivity index (χ3n) is 2.46. The summed E-state index contributed by atoms with van der Waals surface area (Å²) in [5.74, 6) is 0. The van der Waals surface area contributed by atoms with Crippen molar-refractivity contribution in [3.63, 3.8) is 0 Å². The number of halogens is 3. The molecule has 0 radical (unpaired) electrons. The molecule has 0 amide bonds. The fourth-order valence-electron chi connectivity index (χ4n) is 1.37. The van der Waals surface area contributed by atoms with E-state index in [2.05, 4.69) is 0 Å². The second-order valence-corrected chi connectivity index (χ2v) is 3.64. The highest BCUT2D eigenvalue weighted by atomic mass is 19.4. The molecule has 0 aliphatic heterocycles. The van der Waals surface area contributed by atoms with Gasteiger partial charge in [0.1, 0.15) is 0 Å². The molecule has 1 aliphatic carbocycles. The summed E-state index contributed by atoms with van der Waals surface area (Å²) < 4.78 is 36.7. The molecule has 11 heavy (non-hydrogen) atoms. The van der Waals surface area contributed by atoms with Crippen molar-refractivity contribution in [2.24, 2.45) is 5.41 Å². The molecular formula is C7H11F3O. The predicted molar refractivity (Wildman–Crippen MR) is 34.0 cm³/mol. The van der Waals surface area contributed by atoms with Crippen molar-refractivity contribution in [3.05, 3.63) is 0 Å². The van der Waals surface area contributed by atoms with E-state index in [4.69, 9.17) is 0 Å². The molecule has 4 heteroatoms. The maximum absolute atomic E-state index is 12.2. The lowest BCUT2D eigenvalue weighted by atomic mass is 9.87. The van der Waals surface area contributed by atoms with Crippen molar-refractivity contribution in [1.82, 2.24) is 0 Å². The molecule has 0 spiro atoms. The first kappa shape index (κ1) is 8.84. The summed E-state index contributed by atoms with van der Waals surface area (Å²) in [5.41, 5.74) is -3.45. The van der Waals surface area contributed by atoms with E-state index in [1.54, 1.807) is 0 Å². The van der Waals surface area contributed by atoms with E-state index < -0.39 is 17.2 Å². The van der Waals surface area contributed by atoms with Crippen LogP contribution in [0.2, 0.25) is 0 Å². The average molecular weight is 168 g/mol. The van der Waals surface area contributed by atoms with Crippen LogP contribution in [0.3, 0.4) is 0 Å². The van der Waals surface area contributed by atoms with E-state index in [-0.39, 0.29) is 12.8 Å². The van der Waals surface area contributed by atoms with Crippen LogP contribution in [0, 0.1) is 5.41 Å². The molecular weight excluding hydrogens is 157 g/mol. The molecule has 0 aromatic rings. The van der Waals surface area contributed by atoms with Crippen molar-refractivity contribution < 1.29 is 18.3 Å². The molecule has 1 N–H and O–H groups in total. The van der Waals surface area contributed by atoms with Gasteiger partial charge in [-0.3, -0.25) is 0 Å². The van der Waals surface area contributed by atoms with Crippen LogP contribution in [0.1, 0.15) is 26.7 Å². The highest BCUT2D eigenvalue weighted by Crippen LogP contribution is 2.63. The quantitative estimate of drug-likeness (QED) is 0.635. The number of hydrogen-bond acceptors (Lipinski definition) is 1. The molecule has 0 unspecified atom stereocenters. The van der Waals surface area contributed by atoms with Gasteiger partial charge < -0.3 is 5.11 Å². The SMILES string of the molecule is CC(C)(O)C1(C(F)(F)F)CC1. The molecule has 0 aromatic heterocycles. The summed E-state index contributed by atoms with van der Waals surface area (Å²) >= 11 is 0. The predicted octanol–water partition coefficient (Wildman–Crippen LogP) is 2.10. The minimum absolute atomic E-state index is 0.0556. The highest BCUT2D eigenvalue weighted by Gasteiger charge is 2.70. The highest BCUT2D eigenvalue weighted by molar-refractivity contribution is 5.08. The van der Waals surface area contributed by atoms with Crippen LogP contribution in [0.25, 0.3) is 0 Å². The first-order valence-electron chi connectivity index (χ1n) is 3.50. The van der Waals surface area contributed by atoms with Gasteiger partial charge in [0.15, 0.2) is 0 Å². The summed E-state index contributed by atoms with van der Waals surface area (Å²) in [7, 11) is 0. The van der Waals surface area contributed by atoms with E-state index in [1.807, 2.05) is 0 Å². The Hall–Kier alpha value is -0.250. The van der Waals surface area contributed by atoms with Gasteiger partial charge in [0, 0.05) is 0 Å². The van der Waals surface area contributed by atoms with Gasteiger partial charge in [-0.25, -0.2) is 0 Å². The van der Waals surface area contributed by atoms with Gasteiger partial charge in [0.05, 0.1) is 11.0 Å². The Labute approximate surface area is 63.2 Å². The molecule has 0 atom stereocenters. The van der Waals surface area contributed by atoms with Crippen molar-refractivity contribution in [1.29, 1.82) is 0 Å². The van der Waals surface area contributed by atoms with Crippen molar-refractivity contribution in [2.75, 3.05) is 0 Å². The zero-order valence-corrected chi connectivity index (χ0v) is 6.50. The van der Waals surface area contributed by atoms with Gasteiger partial charge in [-0.15, -0.1) is 0 Å². The van der Waals surface area contributed by atoms with Gasteiger partial charge in [-0.05, 0) is 26.7 Å². The van der Waals surface area contributed by atoms with Gasteiger partial charge in [-0.2, -0.15) is 13.2 Å². The van der Waals surface area contributed by atoms with Crippen LogP contribution < -0.4 is 0 Å². The van der Waals surface area contributed by atoms with Crippen molar-refractivity contribution in [2.45, 2.75) is 38.5 Å². The lowest BCUT2D eigenvalue weighted by molar-refractivity contribution is -0.234. The molecule has 0 aromatic carbocycles. The average Bonchev–Trinajstić information content (AvgIpc) is 2.31. The Morgan fingerprint density at radius 2 is 1.55 bits per heavy atom. The number of rotatable bonds is 1. The normalized spacial score (nSPS) is 23.5. The second kappa shape index (κ2) is 1.91. The zero-order valence-electron chi connectivity index (χ0n) is 6.50. The monoisotopic (exact) mass is 168 g/mol. The zero-order chi connectivity index (χ0) is 8.91. The smallest absolute Gasteiger partial charge is 0.390 e. The number of alkyl halides is 3. The standard InChI is InChI=1S/C7H11F3O/c1-5(2,11)6(3-4-6)7(8,9)10/h11H,3-4H2,1-2H3. The molecule has 1 nitrogen and oxygen atoms in total. The minimum atomic E-state index is -4.26. The van der Waals surface area contributed by atoms with E-state index in [0.717, 1.165) is 0 Å². The molecule has 1 fully saturated rings. The Morgan fingerprint density at radius 3 is 1.55 bits per heavy atom. The maximum atomic E-state index is 12.2. The second-order valence-electron chi connectivity index (χ2n) is 3.64. The molecule has 66 valence electrons. The molecule has 1 rings (SSSR count). The van der Waals surface area contributed by atoms with E-state index >= 15 is 0 Å². The number of aliphatic hydroxyl groups is 1. The van der Waals surface area contributed by atoms with Crippen LogP contribution >= 0.6 is 0 Å². The molecule has 0 saturated heterocycles. The number of hydrogen-bond donors (Lipinski definition) is 1. The van der Waals surface area contributed by atoms with Gasteiger partial charge >= 0.3 is 6.18 Å². The summed E-state index contributed by atoms with van der Waals surface area (Å²) in [5, 5.41) is 9.22. The van der Waals surface area contributed by atoms with Gasteiger partial charge in [-0.1, -0.05) is 0 Å². The first-order valence-corrected chi connectivity index (χ1v) is 3.50. The van der Waals surface area contributed by atoms with Crippen LogP contribution in [0.5, 0.6) is 0 Å². The fourth-order valence-corrected chi connectivity index (χ4v) is 1.37. The Balaban J connectivity index is 2.85. The Bertz CT molecular complexity index is 146. The fraction of sp³-hybridized carbons (Fsp3) is 1.00. The lowest BCUT2D eigenvalue weighted by Gasteiger charge is -2.31. The molecule has 0 heterocycles. The molecule has 1 saturated carbocycles. The maximum Gasteiger partial charge on any atom is 0.397 e. The van der Waals surface area contributed by atoms with E-state index in [1.165, 1.54) is 13.8 Å². The molecule has 1 aliphatic rings. The third kappa shape index (κ3) is 1.13.